The van der Waals surface area contributed by atoms with Crippen molar-refractivity contribution in [3.63, 3.8) is 0 Å². The SMILES string of the molecule is CCCOCCCNC(=O)NCCC(=O)O. The maximum Gasteiger partial charge on any atom is 0.314 e. The highest BCUT2D eigenvalue weighted by molar-refractivity contribution is 5.74. The second-order valence-corrected chi connectivity index (χ2v) is 3.29. The van der Waals surface area contributed by atoms with Crippen molar-refractivity contribution in [3.8, 4) is 0 Å². The Morgan fingerprint density at radius 1 is 1.19 bits per heavy atom. The van der Waals surface area contributed by atoms with Gasteiger partial charge >= 0.3 is 12.0 Å². The molecule has 0 aromatic carbocycles. The van der Waals surface area contributed by atoms with Gasteiger partial charge in [-0.3, -0.25) is 4.79 Å². The van der Waals surface area contributed by atoms with E-state index < -0.39 is 5.97 Å². The van der Waals surface area contributed by atoms with Crippen LogP contribution in [0.25, 0.3) is 0 Å². The molecule has 16 heavy (non-hydrogen) atoms. The van der Waals surface area contributed by atoms with E-state index in [1.807, 2.05) is 6.92 Å². The lowest BCUT2D eigenvalue weighted by Crippen LogP contribution is -2.37. The van der Waals surface area contributed by atoms with Gasteiger partial charge in [-0.25, -0.2) is 4.79 Å². The van der Waals surface area contributed by atoms with Gasteiger partial charge in [0.15, 0.2) is 0 Å². The number of carbonyl (C=O) groups excluding carboxylic acids is 1. The highest BCUT2D eigenvalue weighted by Gasteiger charge is 2.00. The molecule has 0 spiro atoms. The lowest BCUT2D eigenvalue weighted by atomic mass is 10.4. The number of amides is 2. The first-order valence-corrected chi connectivity index (χ1v) is 5.48. The number of ether oxygens (including phenoxy) is 1. The van der Waals surface area contributed by atoms with E-state index in [0.717, 1.165) is 19.4 Å². The quantitative estimate of drug-likeness (QED) is 0.507. The normalized spacial score (nSPS) is 9.81. The first-order chi connectivity index (χ1) is 7.66. The van der Waals surface area contributed by atoms with Crippen LogP contribution in [-0.4, -0.2) is 43.4 Å². The lowest BCUT2D eigenvalue weighted by Gasteiger charge is -2.06. The van der Waals surface area contributed by atoms with Gasteiger partial charge in [0.25, 0.3) is 0 Å². The van der Waals surface area contributed by atoms with Crippen LogP contribution < -0.4 is 10.6 Å². The van der Waals surface area contributed by atoms with Crippen molar-refractivity contribution in [2.24, 2.45) is 0 Å². The topological polar surface area (TPSA) is 87.7 Å². The van der Waals surface area contributed by atoms with Crippen LogP contribution in [0.3, 0.4) is 0 Å². The van der Waals surface area contributed by atoms with Gasteiger partial charge in [0.05, 0.1) is 6.42 Å². The van der Waals surface area contributed by atoms with Crippen LogP contribution in [0.2, 0.25) is 0 Å². The summed E-state index contributed by atoms with van der Waals surface area (Å²) in [6, 6.07) is -0.336. The lowest BCUT2D eigenvalue weighted by molar-refractivity contribution is -0.136. The molecule has 6 heteroatoms. The first-order valence-electron chi connectivity index (χ1n) is 5.48. The summed E-state index contributed by atoms with van der Waals surface area (Å²) in [5, 5.41) is 13.4. The number of nitrogens with one attached hydrogen (secondary N) is 2. The van der Waals surface area contributed by atoms with Gasteiger partial charge in [0, 0.05) is 26.3 Å². The Labute approximate surface area is 95.4 Å². The molecular weight excluding hydrogens is 212 g/mol. The molecule has 0 atom stereocenters. The van der Waals surface area contributed by atoms with Crippen molar-refractivity contribution < 1.29 is 19.4 Å². The third-order valence-corrected chi connectivity index (χ3v) is 1.72. The van der Waals surface area contributed by atoms with Crippen LogP contribution >= 0.6 is 0 Å². The molecule has 0 saturated heterocycles. The molecule has 2 amide bonds. The third kappa shape index (κ3) is 10.8. The Morgan fingerprint density at radius 3 is 2.50 bits per heavy atom. The van der Waals surface area contributed by atoms with Crippen LogP contribution in [0.5, 0.6) is 0 Å². The zero-order valence-corrected chi connectivity index (χ0v) is 9.62. The third-order valence-electron chi connectivity index (χ3n) is 1.72. The Bertz CT molecular complexity index is 209. The van der Waals surface area contributed by atoms with Crippen LogP contribution in [-0.2, 0) is 9.53 Å². The maximum atomic E-state index is 11.1. The second-order valence-electron chi connectivity index (χ2n) is 3.29. The molecule has 0 aliphatic heterocycles. The summed E-state index contributed by atoms with van der Waals surface area (Å²) in [7, 11) is 0. The number of rotatable bonds is 9. The summed E-state index contributed by atoms with van der Waals surface area (Å²) in [5.74, 6) is -0.923. The van der Waals surface area contributed by atoms with Crippen molar-refractivity contribution in [2.75, 3.05) is 26.3 Å². The molecule has 0 aliphatic rings. The molecular formula is C10H20N2O4. The molecule has 94 valence electrons. The molecule has 3 N–H and O–H groups in total. The monoisotopic (exact) mass is 232 g/mol. The van der Waals surface area contributed by atoms with Gasteiger partial charge < -0.3 is 20.5 Å². The minimum atomic E-state index is -0.923. The van der Waals surface area contributed by atoms with E-state index in [4.69, 9.17) is 9.84 Å². The van der Waals surface area contributed by atoms with Crippen molar-refractivity contribution >= 4 is 12.0 Å². The Balaban J connectivity index is 3.20. The van der Waals surface area contributed by atoms with E-state index in [0.29, 0.717) is 13.2 Å². The van der Waals surface area contributed by atoms with Gasteiger partial charge in [0.2, 0.25) is 0 Å². The summed E-state index contributed by atoms with van der Waals surface area (Å²) in [6.07, 6.45) is 1.68. The predicted octanol–water partition coefficient (Wildman–Crippen LogP) is 0.577. The fraction of sp³-hybridized carbons (Fsp3) is 0.800. The van der Waals surface area contributed by atoms with Crippen molar-refractivity contribution in [1.29, 1.82) is 0 Å². The number of carbonyl (C=O) groups is 2. The summed E-state index contributed by atoms with van der Waals surface area (Å²) < 4.78 is 5.23. The van der Waals surface area contributed by atoms with E-state index in [1.165, 1.54) is 0 Å². The van der Waals surface area contributed by atoms with Gasteiger partial charge in [-0.15, -0.1) is 0 Å². The number of hydrogen-bond acceptors (Lipinski definition) is 3. The molecule has 0 aromatic rings. The standard InChI is InChI=1S/C10H20N2O4/c1-2-7-16-8-3-5-11-10(15)12-6-4-9(13)14/h2-8H2,1H3,(H,13,14)(H2,11,12,15). The van der Waals surface area contributed by atoms with Gasteiger partial charge in [-0.05, 0) is 12.8 Å². The molecule has 0 bridgehead atoms. The van der Waals surface area contributed by atoms with Gasteiger partial charge in [-0.1, -0.05) is 6.92 Å². The van der Waals surface area contributed by atoms with Crippen LogP contribution in [0, 0.1) is 0 Å². The van der Waals surface area contributed by atoms with Crippen LogP contribution in [0.1, 0.15) is 26.2 Å². The average Bonchev–Trinajstić information content (AvgIpc) is 2.22. The fourth-order valence-corrected chi connectivity index (χ4v) is 0.968. The van der Waals surface area contributed by atoms with Crippen molar-refractivity contribution in [1.82, 2.24) is 10.6 Å². The molecule has 0 saturated carbocycles. The highest BCUT2D eigenvalue weighted by Crippen LogP contribution is 1.84. The largest absolute Gasteiger partial charge is 0.481 e. The zero-order valence-electron chi connectivity index (χ0n) is 9.62. The Hall–Kier alpha value is -1.30. The smallest absolute Gasteiger partial charge is 0.314 e. The number of urea groups is 1. The summed E-state index contributed by atoms with van der Waals surface area (Å²) in [4.78, 5) is 21.2. The van der Waals surface area contributed by atoms with E-state index in [-0.39, 0.29) is 19.0 Å². The molecule has 0 unspecified atom stereocenters. The van der Waals surface area contributed by atoms with Gasteiger partial charge in [-0.2, -0.15) is 0 Å². The maximum absolute atomic E-state index is 11.1. The van der Waals surface area contributed by atoms with E-state index in [2.05, 4.69) is 10.6 Å². The summed E-state index contributed by atoms with van der Waals surface area (Å²) >= 11 is 0. The van der Waals surface area contributed by atoms with Crippen LogP contribution in [0.4, 0.5) is 4.79 Å². The Morgan fingerprint density at radius 2 is 1.88 bits per heavy atom. The van der Waals surface area contributed by atoms with E-state index >= 15 is 0 Å². The average molecular weight is 232 g/mol. The summed E-state index contributed by atoms with van der Waals surface area (Å²) in [6.45, 7) is 4.08. The Kier molecular flexibility index (Phi) is 9.39. The molecule has 0 aromatic heterocycles. The van der Waals surface area contributed by atoms with E-state index in [9.17, 15) is 9.59 Å². The minimum absolute atomic E-state index is 0.0625. The zero-order chi connectivity index (χ0) is 12.2. The minimum Gasteiger partial charge on any atom is -0.481 e. The molecule has 6 nitrogen and oxygen atoms in total. The van der Waals surface area contributed by atoms with Crippen LogP contribution in [0.15, 0.2) is 0 Å². The number of carboxylic acids is 1. The molecule has 0 fully saturated rings. The molecule has 0 rings (SSSR count). The molecule has 0 radical (unpaired) electrons. The fourth-order valence-electron chi connectivity index (χ4n) is 0.968. The summed E-state index contributed by atoms with van der Waals surface area (Å²) in [5.41, 5.74) is 0. The first kappa shape index (κ1) is 14.7. The molecule has 0 heterocycles. The second kappa shape index (κ2) is 10.2. The van der Waals surface area contributed by atoms with E-state index in [1.54, 1.807) is 0 Å². The van der Waals surface area contributed by atoms with Crippen molar-refractivity contribution in [3.05, 3.63) is 0 Å². The highest BCUT2D eigenvalue weighted by atomic mass is 16.5. The van der Waals surface area contributed by atoms with Gasteiger partial charge in [0.1, 0.15) is 0 Å². The number of carboxylic acid groups (broad SMARTS) is 1. The molecule has 0 aliphatic carbocycles. The van der Waals surface area contributed by atoms with Crippen molar-refractivity contribution in [2.45, 2.75) is 26.2 Å². The predicted molar refractivity (Wildman–Crippen MR) is 59.4 cm³/mol. The number of aliphatic carboxylic acids is 1. The number of hydrogen-bond donors (Lipinski definition) is 3.